The van der Waals surface area contributed by atoms with Crippen LogP contribution in [0.5, 0.6) is 5.75 Å². The van der Waals surface area contributed by atoms with Crippen LogP contribution in [0.2, 0.25) is 0 Å². The van der Waals surface area contributed by atoms with E-state index in [1.807, 2.05) is 49.6 Å². The molecular formula is C18H19N3O3S. The zero-order chi connectivity index (χ0) is 17.8. The SMILES string of the molecule is Cc1ccc(OCC(=O)N(C)Cc2nc(-c3cccs3)no2)cc1C. The van der Waals surface area contributed by atoms with E-state index in [1.54, 1.807) is 7.05 Å². The van der Waals surface area contributed by atoms with Gasteiger partial charge in [0, 0.05) is 7.05 Å². The summed E-state index contributed by atoms with van der Waals surface area (Å²) in [5.74, 6) is 1.46. The van der Waals surface area contributed by atoms with Crippen LogP contribution in [0.1, 0.15) is 17.0 Å². The third-order valence-corrected chi connectivity index (χ3v) is 4.71. The molecule has 0 spiro atoms. The Hall–Kier alpha value is -2.67. The van der Waals surface area contributed by atoms with E-state index in [9.17, 15) is 4.79 Å². The van der Waals surface area contributed by atoms with Crippen molar-refractivity contribution in [3.63, 3.8) is 0 Å². The maximum Gasteiger partial charge on any atom is 0.260 e. The number of likely N-dealkylation sites (N-methyl/N-ethyl adjacent to an activating group) is 1. The molecular weight excluding hydrogens is 338 g/mol. The Morgan fingerprint density at radius 1 is 1.28 bits per heavy atom. The molecule has 6 nitrogen and oxygen atoms in total. The second-order valence-electron chi connectivity index (χ2n) is 5.77. The molecule has 3 rings (SSSR count). The highest BCUT2D eigenvalue weighted by Gasteiger charge is 2.15. The van der Waals surface area contributed by atoms with Crippen molar-refractivity contribution < 1.29 is 14.1 Å². The Labute approximate surface area is 150 Å². The normalized spacial score (nSPS) is 10.7. The Morgan fingerprint density at radius 2 is 2.12 bits per heavy atom. The van der Waals surface area contributed by atoms with Crippen LogP contribution in [0.3, 0.4) is 0 Å². The van der Waals surface area contributed by atoms with Gasteiger partial charge in [0.15, 0.2) is 6.61 Å². The first-order chi connectivity index (χ1) is 12.0. The summed E-state index contributed by atoms with van der Waals surface area (Å²) in [6.45, 7) is 4.25. The number of aromatic nitrogens is 2. The maximum atomic E-state index is 12.2. The minimum atomic E-state index is -0.158. The second kappa shape index (κ2) is 7.48. The van der Waals surface area contributed by atoms with Crippen molar-refractivity contribution in [3.05, 3.63) is 52.7 Å². The lowest BCUT2D eigenvalue weighted by atomic mass is 10.1. The largest absolute Gasteiger partial charge is 0.484 e. The van der Waals surface area contributed by atoms with Crippen molar-refractivity contribution in [1.82, 2.24) is 15.0 Å². The van der Waals surface area contributed by atoms with E-state index in [2.05, 4.69) is 10.1 Å². The predicted octanol–water partition coefficient (Wildman–Crippen LogP) is 3.45. The number of hydrogen-bond donors (Lipinski definition) is 0. The van der Waals surface area contributed by atoms with Gasteiger partial charge in [-0.1, -0.05) is 17.3 Å². The van der Waals surface area contributed by atoms with Crippen molar-refractivity contribution >= 4 is 17.2 Å². The van der Waals surface area contributed by atoms with Crippen LogP contribution in [0, 0.1) is 13.8 Å². The number of aryl methyl sites for hydroxylation is 2. The van der Waals surface area contributed by atoms with Gasteiger partial charge in [-0.2, -0.15) is 4.98 Å². The lowest BCUT2D eigenvalue weighted by Crippen LogP contribution is -2.31. The molecule has 0 saturated heterocycles. The summed E-state index contributed by atoms with van der Waals surface area (Å²) in [6, 6.07) is 9.61. The molecule has 0 atom stereocenters. The number of rotatable bonds is 6. The third-order valence-electron chi connectivity index (χ3n) is 3.85. The lowest BCUT2D eigenvalue weighted by Gasteiger charge is -2.15. The highest BCUT2D eigenvalue weighted by molar-refractivity contribution is 7.13. The molecule has 0 unspecified atom stereocenters. The molecule has 0 aliphatic heterocycles. The molecule has 130 valence electrons. The first-order valence-corrected chi connectivity index (χ1v) is 8.71. The summed E-state index contributed by atoms with van der Waals surface area (Å²) in [5.41, 5.74) is 2.32. The Balaban J connectivity index is 1.54. The molecule has 1 aromatic carbocycles. The summed E-state index contributed by atoms with van der Waals surface area (Å²) in [5, 5.41) is 5.89. The molecule has 25 heavy (non-hydrogen) atoms. The number of carbonyl (C=O) groups excluding carboxylic acids is 1. The molecule has 2 aromatic heterocycles. The quantitative estimate of drug-likeness (QED) is 0.676. The summed E-state index contributed by atoms with van der Waals surface area (Å²) >= 11 is 1.54. The number of nitrogens with zero attached hydrogens (tertiary/aromatic N) is 3. The first-order valence-electron chi connectivity index (χ1n) is 7.83. The van der Waals surface area contributed by atoms with Crippen LogP contribution < -0.4 is 4.74 Å². The fraction of sp³-hybridized carbons (Fsp3) is 0.278. The average Bonchev–Trinajstić information content (AvgIpc) is 3.26. The molecule has 0 aliphatic carbocycles. The van der Waals surface area contributed by atoms with Crippen molar-refractivity contribution in [3.8, 4) is 16.5 Å². The second-order valence-corrected chi connectivity index (χ2v) is 6.72. The minimum Gasteiger partial charge on any atom is -0.484 e. The van der Waals surface area contributed by atoms with Crippen molar-refractivity contribution in [2.75, 3.05) is 13.7 Å². The fourth-order valence-electron chi connectivity index (χ4n) is 2.17. The first kappa shape index (κ1) is 17.2. The minimum absolute atomic E-state index is 0.0368. The van der Waals surface area contributed by atoms with Crippen molar-refractivity contribution in [1.29, 1.82) is 0 Å². The van der Waals surface area contributed by atoms with Gasteiger partial charge >= 0.3 is 0 Å². The van der Waals surface area contributed by atoms with Gasteiger partial charge < -0.3 is 14.2 Å². The Bertz CT molecular complexity index is 858. The number of carbonyl (C=O) groups is 1. The van der Waals surface area contributed by atoms with Gasteiger partial charge in [-0.05, 0) is 48.6 Å². The standard InChI is InChI=1S/C18H19N3O3S/c1-12-6-7-14(9-13(12)2)23-11-17(22)21(3)10-16-19-18(20-24-16)15-5-4-8-25-15/h4-9H,10-11H2,1-3H3. The fourth-order valence-corrected chi connectivity index (χ4v) is 2.82. The maximum absolute atomic E-state index is 12.2. The van der Waals surface area contributed by atoms with Gasteiger partial charge in [0.05, 0.1) is 11.4 Å². The van der Waals surface area contributed by atoms with E-state index in [0.717, 1.165) is 10.4 Å². The monoisotopic (exact) mass is 357 g/mol. The Kier molecular flexibility index (Phi) is 5.14. The Morgan fingerprint density at radius 3 is 2.84 bits per heavy atom. The summed E-state index contributed by atoms with van der Waals surface area (Å²) < 4.78 is 10.8. The van der Waals surface area contributed by atoms with Crippen LogP contribution in [0.15, 0.2) is 40.2 Å². The van der Waals surface area contributed by atoms with Crippen LogP contribution in [-0.4, -0.2) is 34.6 Å². The highest BCUT2D eigenvalue weighted by atomic mass is 32.1. The number of hydrogen-bond acceptors (Lipinski definition) is 6. The van der Waals surface area contributed by atoms with Gasteiger partial charge in [-0.3, -0.25) is 4.79 Å². The van der Waals surface area contributed by atoms with Crippen molar-refractivity contribution in [2.24, 2.45) is 0 Å². The van der Waals surface area contributed by atoms with Gasteiger partial charge in [0.2, 0.25) is 11.7 Å². The lowest BCUT2D eigenvalue weighted by molar-refractivity contribution is -0.132. The van der Waals surface area contributed by atoms with Crippen molar-refractivity contribution in [2.45, 2.75) is 20.4 Å². The number of ether oxygens (including phenoxy) is 1. The topological polar surface area (TPSA) is 68.5 Å². The number of amides is 1. The molecule has 3 aromatic rings. The van der Waals surface area contributed by atoms with Gasteiger partial charge in [0.25, 0.3) is 5.91 Å². The molecule has 0 saturated carbocycles. The van der Waals surface area contributed by atoms with E-state index >= 15 is 0 Å². The summed E-state index contributed by atoms with van der Waals surface area (Å²) in [7, 11) is 1.68. The highest BCUT2D eigenvalue weighted by Crippen LogP contribution is 2.21. The van der Waals surface area contributed by atoms with Gasteiger partial charge in [-0.15, -0.1) is 11.3 Å². The molecule has 0 fully saturated rings. The predicted molar refractivity (Wildman–Crippen MR) is 95.5 cm³/mol. The van der Waals surface area contributed by atoms with E-state index in [-0.39, 0.29) is 19.1 Å². The van der Waals surface area contributed by atoms with E-state index in [0.29, 0.717) is 17.5 Å². The zero-order valence-electron chi connectivity index (χ0n) is 14.4. The third kappa shape index (κ3) is 4.24. The van der Waals surface area contributed by atoms with Crippen LogP contribution in [0.25, 0.3) is 10.7 Å². The average molecular weight is 357 g/mol. The molecule has 0 N–H and O–H groups in total. The van der Waals surface area contributed by atoms with E-state index in [1.165, 1.54) is 21.8 Å². The van der Waals surface area contributed by atoms with E-state index in [4.69, 9.17) is 9.26 Å². The molecule has 1 amide bonds. The molecule has 0 bridgehead atoms. The van der Waals surface area contributed by atoms with Gasteiger partial charge in [-0.25, -0.2) is 0 Å². The summed E-state index contributed by atoms with van der Waals surface area (Å²) in [4.78, 5) is 19.0. The van der Waals surface area contributed by atoms with Gasteiger partial charge in [0.1, 0.15) is 5.75 Å². The number of thiophene rings is 1. The van der Waals surface area contributed by atoms with Crippen LogP contribution >= 0.6 is 11.3 Å². The molecule has 0 radical (unpaired) electrons. The molecule has 2 heterocycles. The number of benzene rings is 1. The van der Waals surface area contributed by atoms with E-state index < -0.39 is 0 Å². The van der Waals surface area contributed by atoms with Crippen LogP contribution in [-0.2, 0) is 11.3 Å². The molecule has 0 aliphatic rings. The van der Waals surface area contributed by atoms with Crippen LogP contribution in [0.4, 0.5) is 0 Å². The molecule has 7 heteroatoms. The summed E-state index contributed by atoms with van der Waals surface area (Å²) in [6.07, 6.45) is 0. The smallest absolute Gasteiger partial charge is 0.260 e. The zero-order valence-corrected chi connectivity index (χ0v) is 15.2.